The molecule has 2 aromatic rings. The van der Waals surface area contributed by atoms with Crippen LogP contribution in [0.4, 0.5) is 0 Å². The Labute approximate surface area is 82.2 Å². The van der Waals surface area contributed by atoms with Gasteiger partial charge in [-0.05, 0) is 6.26 Å². The Morgan fingerprint density at radius 3 is 3.00 bits per heavy atom. The molecule has 0 aliphatic carbocycles. The van der Waals surface area contributed by atoms with Gasteiger partial charge in [0.1, 0.15) is 0 Å². The van der Waals surface area contributed by atoms with Gasteiger partial charge in [-0.25, -0.2) is 9.78 Å². The Balaban J connectivity index is 2.54. The average molecular weight is 214 g/mol. The van der Waals surface area contributed by atoms with Crippen LogP contribution in [0.3, 0.4) is 0 Å². The molecule has 0 aliphatic heterocycles. The highest BCUT2D eigenvalue weighted by molar-refractivity contribution is 8.00. The summed E-state index contributed by atoms with van der Waals surface area (Å²) in [6, 6.07) is 0. The van der Waals surface area contributed by atoms with Gasteiger partial charge in [-0.2, -0.15) is 0 Å². The van der Waals surface area contributed by atoms with Crippen molar-refractivity contribution in [2.45, 2.75) is 4.21 Å². The van der Waals surface area contributed by atoms with Crippen molar-refractivity contribution in [2.75, 3.05) is 6.26 Å². The lowest BCUT2D eigenvalue weighted by atomic mass is 10.5. The van der Waals surface area contributed by atoms with E-state index in [9.17, 15) is 4.79 Å². The van der Waals surface area contributed by atoms with E-state index >= 15 is 0 Å². The number of imidazole rings is 1. The molecule has 0 unspecified atom stereocenters. The predicted octanol–water partition coefficient (Wildman–Crippen LogP) is 1.82. The molecule has 0 saturated carbocycles. The zero-order chi connectivity index (χ0) is 9.42. The van der Waals surface area contributed by atoms with Gasteiger partial charge in [0.25, 0.3) is 0 Å². The predicted molar refractivity (Wildman–Crippen MR) is 51.8 cm³/mol. The first-order valence-electron chi connectivity index (χ1n) is 3.46. The van der Waals surface area contributed by atoms with Crippen LogP contribution in [0.1, 0.15) is 10.5 Å². The van der Waals surface area contributed by atoms with E-state index in [1.807, 2.05) is 12.5 Å². The van der Waals surface area contributed by atoms with E-state index < -0.39 is 5.97 Å². The van der Waals surface area contributed by atoms with Gasteiger partial charge in [0.05, 0.1) is 4.21 Å². The minimum absolute atomic E-state index is 0.0962. The number of nitrogens with zero attached hydrogens (tertiary/aromatic N) is 2. The first kappa shape index (κ1) is 8.58. The van der Waals surface area contributed by atoms with Crippen molar-refractivity contribution in [3.63, 3.8) is 0 Å². The summed E-state index contributed by atoms with van der Waals surface area (Å²) >= 11 is 3.11. The van der Waals surface area contributed by atoms with Crippen LogP contribution in [0, 0.1) is 0 Å². The lowest BCUT2D eigenvalue weighted by molar-refractivity contribution is 0.0691. The Morgan fingerprint density at radius 1 is 1.69 bits per heavy atom. The van der Waals surface area contributed by atoms with Crippen LogP contribution in [0.5, 0.6) is 0 Å². The molecule has 0 aliphatic rings. The van der Waals surface area contributed by atoms with Gasteiger partial charge < -0.3 is 5.11 Å². The fraction of sp³-hybridized carbons (Fsp3) is 0.143. The summed E-state index contributed by atoms with van der Waals surface area (Å²) in [6.45, 7) is 0. The van der Waals surface area contributed by atoms with Crippen LogP contribution >= 0.6 is 23.1 Å². The van der Waals surface area contributed by atoms with Crippen molar-refractivity contribution in [3.8, 4) is 0 Å². The second-order valence-electron chi connectivity index (χ2n) is 2.38. The third kappa shape index (κ3) is 1.42. The number of carboxylic acids is 1. The first-order chi connectivity index (χ1) is 6.20. The SMILES string of the molecule is CSc1cn2cc(C(=O)O)nc2s1. The molecule has 0 saturated heterocycles. The van der Waals surface area contributed by atoms with E-state index in [0.717, 1.165) is 9.17 Å². The summed E-state index contributed by atoms with van der Waals surface area (Å²) in [5.41, 5.74) is 0.0962. The standard InChI is InChI=1S/C7H6N2O2S2/c1-12-5-3-9-2-4(6(10)11)8-7(9)13-5/h2-3H,1H3,(H,10,11). The van der Waals surface area contributed by atoms with Crippen LogP contribution in [0.15, 0.2) is 16.6 Å². The maximum Gasteiger partial charge on any atom is 0.356 e. The van der Waals surface area contributed by atoms with Crippen LogP contribution < -0.4 is 0 Å². The van der Waals surface area contributed by atoms with Crippen molar-refractivity contribution < 1.29 is 9.90 Å². The minimum Gasteiger partial charge on any atom is -0.476 e. The monoisotopic (exact) mass is 214 g/mol. The number of carboxylic acid groups (broad SMARTS) is 1. The number of fused-ring (bicyclic) bond motifs is 1. The first-order valence-corrected chi connectivity index (χ1v) is 5.50. The molecule has 0 bridgehead atoms. The summed E-state index contributed by atoms with van der Waals surface area (Å²) < 4.78 is 2.86. The zero-order valence-corrected chi connectivity index (χ0v) is 8.35. The molecular weight excluding hydrogens is 208 g/mol. The maximum atomic E-state index is 10.5. The van der Waals surface area contributed by atoms with Crippen molar-refractivity contribution in [1.29, 1.82) is 0 Å². The highest BCUT2D eigenvalue weighted by atomic mass is 32.2. The summed E-state index contributed by atoms with van der Waals surface area (Å²) in [6.07, 6.45) is 5.38. The molecular formula is C7H6N2O2S2. The van der Waals surface area contributed by atoms with Gasteiger partial charge in [0.2, 0.25) is 0 Å². The third-order valence-corrected chi connectivity index (χ3v) is 3.60. The van der Waals surface area contributed by atoms with Gasteiger partial charge in [-0.3, -0.25) is 4.40 Å². The average Bonchev–Trinajstić information content (AvgIpc) is 2.58. The zero-order valence-electron chi connectivity index (χ0n) is 6.72. The normalized spacial score (nSPS) is 10.8. The van der Waals surface area contributed by atoms with Crippen LogP contribution in [-0.4, -0.2) is 26.7 Å². The molecule has 0 fully saturated rings. The molecule has 0 amide bonds. The van der Waals surface area contributed by atoms with Crippen LogP contribution in [0.25, 0.3) is 4.96 Å². The topological polar surface area (TPSA) is 54.6 Å². The summed E-state index contributed by atoms with van der Waals surface area (Å²) in [5, 5.41) is 8.65. The highest BCUT2D eigenvalue weighted by Gasteiger charge is 2.10. The number of thioether (sulfide) groups is 1. The van der Waals surface area contributed by atoms with E-state index in [0.29, 0.717) is 0 Å². The molecule has 1 N–H and O–H groups in total. The molecule has 68 valence electrons. The fourth-order valence-corrected chi connectivity index (χ4v) is 2.45. The van der Waals surface area contributed by atoms with E-state index in [-0.39, 0.29) is 5.69 Å². The molecule has 13 heavy (non-hydrogen) atoms. The minimum atomic E-state index is -0.985. The van der Waals surface area contributed by atoms with Gasteiger partial charge in [0, 0.05) is 12.4 Å². The van der Waals surface area contributed by atoms with E-state index in [1.54, 1.807) is 16.2 Å². The van der Waals surface area contributed by atoms with Gasteiger partial charge in [-0.1, -0.05) is 11.3 Å². The second-order valence-corrected chi connectivity index (χ2v) is 4.49. The van der Waals surface area contributed by atoms with Gasteiger partial charge in [0.15, 0.2) is 10.7 Å². The number of carbonyl (C=O) groups is 1. The molecule has 2 rings (SSSR count). The summed E-state index contributed by atoms with van der Waals surface area (Å²) in [4.78, 5) is 15.2. The van der Waals surface area contributed by atoms with Crippen molar-refractivity contribution >= 4 is 34.0 Å². The largest absolute Gasteiger partial charge is 0.476 e. The molecule has 4 nitrogen and oxygen atoms in total. The second kappa shape index (κ2) is 3.04. The third-order valence-electron chi connectivity index (χ3n) is 1.56. The Bertz CT molecular complexity index is 428. The molecule has 0 aromatic carbocycles. The number of hydrogen-bond acceptors (Lipinski definition) is 4. The van der Waals surface area contributed by atoms with E-state index in [2.05, 4.69) is 4.98 Å². The van der Waals surface area contributed by atoms with Crippen LogP contribution in [0.2, 0.25) is 0 Å². The van der Waals surface area contributed by atoms with Gasteiger partial charge in [-0.15, -0.1) is 11.8 Å². The lowest BCUT2D eigenvalue weighted by Gasteiger charge is -1.83. The number of aromatic nitrogens is 2. The highest BCUT2D eigenvalue weighted by Crippen LogP contribution is 2.25. The van der Waals surface area contributed by atoms with Crippen molar-refractivity contribution in [1.82, 2.24) is 9.38 Å². The summed E-state index contributed by atoms with van der Waals surface area (Å²) in [7, 11) is 0. The summed E-state index contributed by atoms with van der Waals surface area (Å²) in [5.74, 6) is -0.985. The molecule has 2 heterocycles. The Morgan fingerprint density at radius 2 is 2.46 bits per heavy atom. The quantitative estimate of drug-likeness (QED) is 0.775. The number of hydrogen-bond donors (Lipinski definition) is 1. The fourth-order valence-electron chi connectivity index (χ4n) is 0.972. The maximum absolute atomic E-state index is 10.5. The number of aromatic carboxylic acids is 1. The number of rotatable bonds is 2. The molecule has 2 aromatic heterocycles. The lowest BCUT2D eigenvalue weighted by Crippen LogP contribution is -1.95. The molecule has 6 heteroatoms. The van der Waals surface area contributed by atoms with Crippen molar-refractivity contribution in [2.24, 2.45) is 0 Å². The van der Waals surface area contributed by atoms with E-state index in [4.69, 9.17) is 5.11 Å². The Kier molecular flexibility index (Phi) is 2.01. The smallest absolute Gasteiger partial charge is 0.356 e. The van der Waals surface area contributed by atoms with Gasteiger partial charge >= 0.3 is 5.97 Å². The van der Waals surface area contributed by atoms with Crippen molar-refractivity contribution in [3.05, 3.63) is 18.1 Å². The Hall–Kier alpha value is -1.01. The van der Waals surface area contributed by atoms with E-state index in [1.165, 1.54) is 17.5 Å². The molecule has 0 atom stereocenters. The number of thiazole rings is 1. The molecule has 0 spiro atoms. The molecule has 0 radical (unpaired) electrons. The van der Waals surface area contributed by atoms with Crippen LogP contribution in [-0.2, 0) is 0 Å².